The van der Waals surface area contributed by atoms with Crippen molar-refractivity contribution >= 4 is 17.0 Å². The smallest absolute Gasteiger partial charge is 0.251 e. The summed E-state index contributed by atoms with van der Waals surface area (Å²) in [4.78, 5) is 15.4. The number of hydrogen-bond acceptors (Lipinski definition) is 3. The predicted molar refractivity (Wildman–Crippen MR) is 68.5 cm³/mol. The Morgan fingerprint density at radius 2 is 2.35 bits per heavy atom. The molecule has 0 saturated carbocycles. The Kier molecular flexibility index (Phi) is 2.33. The van der Waals surface area contributed by atoms with Crippen molar-refractivity contribution in [1.29, 1.82) is 0 Å². The molecule has 0 radical (unpaired) electrons. The van der Waals surface area contributed by atoms with Gasteiger partial charge in [-0.3, -0.25) is 4.79 Å². The molecule has 0 aliphatic carbocycles. The van der Waals surface area contributed by atoms with Gasteiger partial charge in [-0.1, -0.05) is 13.0 Å². The molecule has 3 aromatic rings. The molecule has 0 aliphatic heterocycles. The minimum absolute atomic E-state index is 0.0769. The second-order valence-electron chi connectivity index (χ2n) is 3.78. The predicted octanol–water partition coefficient (Wildman–Crippen LogP) is 2.31. The summed E-state index contributed by atoms with van der Waals surface area (Å²) in [5.74, 6) is 0. The first kappa shape index (κ1) is 10.3. The number of aromatic nitrogens is 3. The molecule has 0 saturated heterocycles. The molecule has 0 aromatic carbocycles. The van der Waals surface area contributed by atoms with Gasteiger partial charge >= 0.3 is 0 Å². The average Bonchev–Trinajstić information content (AvgIpc) is 2.95. The molecule has 3 aromatic heterocycles. The summed E-state index contributed by atoms with van der Waals surface area (Å²) in [6.45, 7) is 2.01. The van der Waals surface area contributed by atoms with E-state index in [0.29, 0.717) is 0 Å². The number of H-pyrrole nitrogens is 1. The Bertz CT molecular complexity index is 709. The van der Waals surface area contributed by atoms with Gasteiger partial charge in [-0.15, -0.1) is 11.3 Å². The van der Waals surface area contributed by atoms with Gasteiger partial charge in [0, 0.05) is 17.8 Å². The molecule has 3 rings (SSSR count). The molecular weight excluding hydrogens is 234 g/mol. The zero-order valence-electron chi connectivity index (χ0n) is 9.30. The van der Waals surface area contributed by atoms with Gasteiger partial charge in [-0.25, -0.2) is 4.52 Å². The number of nitrogens with zero attached hydrogens (tertiary/aromatic N) is 2. The maximum atomic E-state index is 11.5. The molecule has 0 fully saturated rings. The number of hydrogen-bond donors (Lipinski definition) is 1. The van der Waals surface area contributed by atoms with Crippen LogP contribution in [0.3, 0.4) is 0 Å². The lowest BCUT2D eigenvalue weighted by molar-refractivity contribution is 0.846. The molecule has 0 aliphatic rings. The fourth-order valence-electron chi connectivity index (χ4n) is 1.86. The van der Waals surface area contributed by atoms with Crippen LogP contribution < -0.4 is 5.56 Å². The van der Waals surface area contributed by atoms with E-state index in [2.05, 4.69) is 10.1 Å². The Morgan fingerprint density at radius 3 is 3.06 bits per heavy atom. The van der Waals surface area contributed by atoms with Crippen molar-refractivity contribution < 1.29 is 0 Å². The molecule has 86 valence electrons. The van der Waals surface area contributed by atoms with E-state index in [9.17, 15) is 4.79 Å². The maximum Gasteiger partial charge on any atom is 0.251 e. The SMILES string of the molecule is CCc1cc(=O)[nH]c2cc(-c3cccs3)nn12. The van der Waals surface area contributed by atoms with E-state index in [-0.39, 0.29) is 5.56 Å². The fourth-order valence-corrected chi connectivity index (χ4v) is 2.54. The highest BCUT2D eigenvalue weighted by atomic mass is 32.1. The highest BCUT2D eigenvalue weighted by molar-refractivity contribution is 7.13. The molecular formula is C12H11N3OS. The lowest BCUT2D eigenvalue weighted by atomic mass is 10.3. The summed E-state index contributed by atoms with van der Waals surface area (Å²) in [7, 11) is 0. The van der Waals surface area contributed by atoms with Gasteiger partial charge in [0.05, 0.1) is 4.88 Å². The van der Waals surface area contributed by atoms with E-state index in [1.165, 1.54) is 0 Å². The minimum atomic E-state index is -0.0769. The van der Waals surface area contributed by atoms with Crippen molar-refractivity contribution in [2.24, 2.45) is 0 Å². The normalized spacial score (nSPS) is 11.1. The van der Waals surface area contributed by atoms with E-state index < -0.39 is 0 Å². The quantitative estimate of drug-likeness (QED) is 0.753. The third-order valence-corrected chi connectivity index (χ3v) is 3.56. The van der Waals surface area contributed by atoms with Crippen LogP contribution in [0.2, 0.25) is 0 Å². The number of nitrogens with one attached hydrogen (secondary N) is 1. The number of aryl methyl sites for hydroxylation is 1. The van der Waals surface area contributed by atoms with Crippen LogP contribution in [0, 0.1) is 0 Å². The van der Waals surface area contributed by atoms with Crippen LogP contribution in [0.4, 0.5) is 0 Å². The number of thiophene rings is 1. The largest absolute Gasteiger partial charge is 0.307 e. The van der Waals surface area contributed by atoms with E-state index in [4.69, 9.17) is 0 Å². The summed E-state index contributed by atoms with van der Waals surface area (Å²) < 4.78 is 1.80. The monoisotopic (exact) mass is 245 g/mol. The molecule has 0 bridgehead atoms. The second kappa shape index (κ2) is 3.85. The van der Waals surface area contributed by atoms with E-state index in [1.54, 1.807) is 21.9 Å². The molecule has 0 spiro atoms. The van der Waals surface area contributed by atoms with Gasteiger partial charge in [-0.05, 0) is 17.9 Å². The lowest BCUT2D eigenvalue weighted by Gasteiger charge is -1.99. The van der Waals surface area contributed by atoms with Gasteiger partial charge in [0.1, 0.15) is 11.3 Å². The summed E-state index contributed by atoms with van der Waals surface area (Å²) in [6.07, 6.45) is 0.784. The summed E-state index contributed by atoms with van der Waals surface area (Å²) in [6, 6.07) is 7.52. The standard InChI is InChI=1S/C12H11N3OS/c1-2-8-6-12(16)13-11-7-9(14-15(8)11)10-4-3-5-17-10/h3-7H,2H2,1H3,(H,13,16). The van der Waals surface area contributed by atoms with Crippen molar-refractivity contribution in [3.8, 4) is 10.6 Å². The van der Waals surface area contributed by atoms with Crippen molar-refractivity contribution in [1.82, 2.24) is 14.6 Å². The van der Waals surface area contributed by atoms with Crippen molar-refractivity contribution in [2.75, 3.05) is 0 Å². The van der Waals surface area contributed by atoms with E-state index >= 15 is 0 Å². The molecule has 5 heteroatoms. The Balaban J connectivity index is 2.29. The fraction of sp³-hybridized carbons (Fsp3) is 0.167. The van der Waals surface area contributed by atoms with Crippen molar-refractivity contribution in [3.05, 3.63) is 45.7 Å². The highest BCUT2D eigenvalue weighted by Crippen LogP contribution is 2.23. The Hall–Kier alpha value is -1.88. The first-order valence-corrected chi connectivity index (χ1v) is 6.32. The van der Waals surface area contributed by atoms with Gasteiger partial charge in [0.2, 0.25) is 0 Å². The number of aromatic amines is 1. The zero-order valence-corrected chi connectivity index (χ0v) is 10.1. The van der Waals surface area contributed by atoms with Crippen LogP contribution in [-0.4, -0.2) is 14.6 Å². The summed E-state index contributed by atoms with van der Waals surface area (Å²) in [5.41, 5.74) is 2.49. The van der Waals surface area contributed by atoms with Gasteiger partial charge < -0.3 is 4.98 Å². The zero-order chi connectivity index (χ0) is 11.8. The summed E-state index contributed by atoms with van der Waals surface area (Å²) >= 11 is 1.64. The third-order valence-electron chi connectivity index (χ3n) is 2.67. The van der Waals surface area contributed by atoms with Crippen molar-refractivity contribution in [2.45, 2.75) is 13.3 Å². The van der Waals surface area contributed by atoms with Gasteiger partial charge in [0.25, 0.3) is 5.56 Å². The molecule has 3 heterocycles. The minimum Gasteiger partial charge on any atom is -0.307 e. The number of rotatable bonds is 2. The van der Waals surface area contributed by atoms with Crippen LogP contribution >= 0.6 is 11.3 Å². The van der Waals surface area contributed by atoms with Crippen LogP contribution in [0.1, 0.15) is 12.6 Å². The second-order valence-corrected chi connectivity index (χ2v) is 4.73. The lowest BCUT2D eigenvalue weighted by Crippen LogP contribution is -2.11. The van der Waals surface area contributed by atoms with Crippen LogP contribution in [0.15, 0.2) is 34.4 Å². The Labute approximate surface area is 102 Å². The first-order valence-electron chi connectivity index (χ1n) is 5.44. The highest BCUT2D eigenvalue weighted by Gasteiger charge is 2.08. The van der Waals surface area contributed by atoms with Gasteiger partial charge in [0.15, 0.2) is 0 Å². The van der Waals surface area contributed by atoms with Crippen molar-refractivity contribution in [3.63, 3.8) is 0 Å². The average molecular weight is 245 g/mol. The summed E-state index contributed by atoms with van der Waals surface area (Å²) in [5, 5.41) is 6.54. The number of fused-ring (bicyclic) bond motifs is 1. The van der Waals surface area contributed by atoms with Crippen LogP contribution in [-0.2, 0) is 6.42 Å². The topological polar surface area (TPSA) is 50.2 Å². The Morgan fingerprint density at radius 1 is 1.47 bits per heavy atom. The molecule has 17 heavy (non-hydrogen) atoms. The van der Waals surface area contributed by atoms with E-state index in [1.807, 2.05) is 30.5 Å². The van der Waals surface area contributed by atoms with Crippen LogP contribution in [0.5, 0.6) is 0 Å². The molecule has 0 unspecified atom stereocenters. The molecule has 0 atom stereocenters. The first-order chi connectivity index (χ1) is 8.28. The molecule has 4 nitrogen and oxygen atoms in total. The molecule has 0 amide bonds. The van der Waals surface area contributed by atoms with E-state index in [0.717, 1.165) is 28.3 Å². The third kappa shape index (κ3) is 1.68. The van der Waals surface area contributed by atoms with Gasteiger partial charge in [-0.2, -0.15) is 5.10 Å². The molecule has 1 N–H and O–H groups in total. The maximum absolute atomic E-state index is 11.5. The van der Waals surface area contributed by atoms with Crippen LogP contribution in [0.25, 0.3) is 16.2 Å².